The minimum Gasteiger partial charge on any atom is -0.396 e. The highest BCUT2D eigenvalue weighted by atomic mass is 16.7. The van der Waals surface area contributed by atoms with Gasteiger partial charge in [-0.25, -0.2) is 0 Å². The molecule has 2 saturated heterocycles. The van der Waals surface area contributed by atoms with E-state index in [9.17, 15) is 10.2 Å². The molecule has 2 fully saturated rings. The molecule has 0 amide bonds. The van der Waals surface area contributed by atoms with E-state index in [2.05, 4.69) is 0 Å². The maximum atomic E-state index is 10.4. The third-order valence-corrected chi connectivity index (χ3v) is 5.93. The first-order valence-electron chi connectivity index (χ1n) is 10.4. The van der Waals surface area contributed by atoms with Gasteiger partial charge in [-0.15, -0.1) is 0 Å². The average Bonchev–Trinajstić information content (AvgIpc) is 2.61. The summed E-state index contributed by atoms with van der Waals surface area (Å²) in [7, 11) is 0. The monoisotopic (exact) mass is 374 g/mol. The summed E-state index contributed by atoms with van der Waals surface area (Å²) in [5, 5.41) is 38.6. The molecule has 0 aliphatic carbocycles. The van der Waals surface area contributed by atoms with Gasteiger partial charge in [0.05, 0.1) is 24.4 Å². The molecule has 1 spiro atoms. The van der Waals surface area contributed by atoms with E-state index in [1.54, 1.807) is 0 Å². The molecule has 4 N–H and O–H groups in total. The van der Waals surface area contributed by atoms with Gasteiger partial charge in [-0.3, -0.25) is 0 Å². The van der Waals surface area contributed by atoms with Crippen LogP contribution in [0, 0.1) is 5.92 Å². The van der Waals surface area contributed by atoms with Crippen molar-refractivity contribution >= 4 is 0 Å². The van der Waals surface area contributed by atoms with Crippen LogP contribution in [-0.2, 0) is 9.47 Å². The van der Waals surface area contributed by atoms with Crippen molar-refractivity contribution in [3.63, 3.8) is 0 Å². The molecule has 0 unspecified atom stereocenters. The van der Waals surface area contributed by atoms with Gasteiger partial charge >= 0.3 is 0 Å². The Kier molecular flexibility index (Phi) is 9.27. The third kappa shape index (κ3) is 6.43. The lowest BCUT2D eigenvalue weighted by atomic mass is 9.88. The summed E-state index contributed by atoms with van der Waals surface area (Å²) in [6, 6.07) is 0. The lowest BCUT2D eigenvalue weighted by Gasteiger charge is -2.46. The molecule has 0 aromatic rings. The van der Waals surface area contributed by atoms with Crippen LogP contribution in [0.3, 0.4) is 0 Å². The largest absolute Gasteiger partial charge is 0.396 e. The van der Waals surface area contributed by atoms with Crippen molar-refractivity contribution in [2.75, 3.05) is 13.2 Å². The molecule has 2 aliphatic rings. The standard InChI is InChI=1S/C20H38O6/c1-15(9-13-22)19(24)18(23)14-17-8-5-11-20(26-17)10-4-7-16(25-20)6-2-3-12-21/h15-19,21-24H,2-14H2,1H3/t15-,16+,17-,18-,19-,20-/m0/s1. The zero-order valence-corrected chi connectivity index (χ0v) is 16.2. The van der Waals surface area contributed by atoms with Gasteiger partial charge in [0.1, 0.15) is 0 Å². The predicted molar refractivity (Wildman–Crippen MR) is 98.6 cm³/mol. The van der Waals surface area contributed by atoms with E-state index in [0.29, 0.717) is 12.8 Å². The first-order chi connectivity index (χ1) is 12.5. The minimum absolute atomic E-state index is 0.0134. The van der Waals surface area contributed by atoms with Crippen molar-refractivity contribution < 1.29 is 29.9 Å². The van der Waals surface area contributed by atoms with Gasteiger partial charge in [-0.1, -0.05) is 6.92 Å². The number of aliphatic hydroxyl groups is 4. The summed E-state index contributed by atoms with van der Waals surface area (Å²) in [6.07, 6.45) is 7.78. The Morgan fingerprint density at radius 2 is 1.62 bits per heavy atom. The molecule has 0 saturated carbocycles. The summed E-state index contributed by atoms with van der Waals surface area (Å²) < 4.78 is 12.7. The number of ether oxygens (including phenoxy) is 2. The topological polar surface area (TPSA) is 99.4 Å². The van der Waals surface area contributed by atoms with Crippen LogP contribution in [0.4, 0.5) is 0 Å². The van der Waals surface area contributed by atoms with Crippen LogP contribution < -0.4 is 0 Å². The van der Waals surface area contributed by atoms with Crippen molar-refractivity contribution in [3.8, 4) is 0 Å². The Labute approximate surface area is 157 Å². The molecular formula is C20H38O6. The molecule has 2 heterocycles. The summed E-state index contributed by atoms with van der Waals surface area (Å²) in [5.74, 6) is -0.679. The Morgan fingerprint density at radius 1 is 0.962 bits per heavy atom. The van der Waals surface area contributed by atoms with Crippen LogP contribution in [-0.4, -0.2) is 63.8 Å². The molecule has 6 nitrogen and oxygen atoms in total. The summed E-state index contributed by atoms with van der Waals surface area (Å²) >= 11 is 0. The summed E-state index contributed by atoms with van der Waals surface area (Å²) in [4.78, 5) is 0. The second-order valence-corrected chi connectivity index (χ2v) is 8.18. The van der Waals surface area contributed by atoms with E-state index < -0.39 is 18.0 Å². The van der Waals surface area contributed by atoms with E-state index in [1.165, 1.54) is 0 Å². The summed E-state index contributed by atoms with van der Waals surface area (Å²) in [5.41, 5.74) is 0. The van der Waals surface area contributed by atoms with Crippen molar-refractivity contribution in [1.82, 2.24) is 0 Å². The molecule has 0 bridgehead atoms. The van der Waals surface area contributed by atoms with Crippen LogP contribution >= 0.6 is 0 Å². The van der Waals surface area contributed by atoms with Crippen molar-refractivity contribution in [2.45, 2.75) is 108 Å². The van der Waals surface area contributed by atoms with Crippen molar-refractivity contribution in [3.05, 3.63) is 0 Å². The van der Waals surface area contributed by atoms with Crippen LogP contribution in [0.15, 0.2) is 0 Å². The molecule has 26 heavy (non-hydrogen) atoms. The predicted octanol–water partition coefficient (Wildman–Crippen LogP) is 2.11. The minimum atomic E-state index is -0.847. The van der Waals surface area contributed by atoms with Crippen LogP contribution in [0.2, 0.25) is 0 Å². The van der Waals surface area contributed by atoms with E-state index in [-0.39, 0.29) is 31.3 Å². The highest BCUT2D eigenvalue weighted by Crippen LogP contribution is 2.41. The fourth-order valence-corrected chi connectivity index (χ4v) is 4.33. The molecule has 6 heteroatoms. The molecule has 154 valence electrons. The van der Waals surface area contributed by atoms with E-state index in [4.69, 9.17) is 19.7 Å². The molecule has 0 aromatic carbocycles. The van der Waals surface area contributed by atoms with Gasteiger partial charge in [0.15, 0.2) is 5.79 Å². The zero-order chi connectivity index (χ0) is 19.0. The van der Waals surface area contributed by atoms with Gasteiger partial charge in [0, 0.05) is 32.5 Å². The second-order valence-electron chi connectivity index (χ2n) is 8.18. The lowest BCUT2D eigenvalue weighted by Crippen LogP contribution is -2.49. The van der Waals surface area contributed by atoms with Gasteiger partial charge in [0.2, 0.25) is 0 Å². The Balaban J connectivity index is 1.85. The number of rotatable bonds is 10. The Hall–Kier alpha value is -0.240. The number of hydrogen-bond acceptors (Lipinski definition) is 6. The molecule has 2 rings (SSSR count). The van der Waals surface area contributed by atoms with Gasteiger partial charge in [-0.2, -0.15) is 0 Å². The first-order valence-corrected chi connectivity index (χ1v) is 10.4. The number of hydrogen-bond donors (Lipinski definition) is 4. The Morgan fingerprint density at radius 3 is 2.27 bits per heavy atom. The third-order valence-electron chi connectivity index (χ3n) is 5.93. The summed E-state index contributed by atoms with van der Waals surface area (Å²) in [6.45, 7) is 2.08. The maximum Gasteiger partial charge on any atom is 0.169 e. The quantitative estimate of drug-likeness (QED) is 0.437. The molecule has 6 atom stereocenters. The normalized spacial score (nSPS) is 33.1. The number of aliphatic hydroxyl groups excluding tert-OH is 4. The van der Waals surface area contributed by atoms with Gasteiger partial charge < -0.3 is 29.9 Å². The van der Waals surface area contributed by atoms with Crippen LogP contribution in [0.5, 0.6) is 0 Å². The fourth-order valence-electron chi connectivity index (χ4n) is 4.33. The highest BCUT2D eigenvalue weighted by molar-refractivity contribution is 4.86. The molecule has 0 aromatic heterocycles. The Bertz CT molecular complexity index is 388. The van der Waals surface area contributed by atoms with E-state index >= 15 is 0 Å². The van der Waals surface area contributed by atoms with E-state index in [0.717, 1.165) is 57.8 Å². The zero-order valence-electron chi connectivity index (χ0n) is 16.2. The molecule has 2 aliphatic heterocycles. The van der Waals surface area contributed by atoms with Gasteiger partial charge in [0.25, 0.3) is 0 Å². The first kappa shape index (κ1) is 22.1. The SMILES string of the molecule is C[C@@H](CCO)[C@H](O)[C@@H](O)C[C@@H]1CCC[C@]2(CCC[C@@H](CCCCO)O2)O1. The van der Waals surface area contributed by atoms with Crippen molar-refractivity contribution in [2.24, 2.45) is 5.92 Å². The van der Waals surface area contributed by atoms with Crippen molar-refractivity contribution in [1.29, 1.82) is 0 Å². The maximum absolute atomic E-state index is 10.4. The number of unbranched alkanes of at least 4 members (excludes halogenated alkanes) is 1. The van der Waals surface area contributed by atoms with Gasteiger partial charge in [-0.05, 0) is 57.3 Å². The fraction of sp³-hybridized carbons (Fsp3) is 1.00. The smallest absolute Gasteiger partial charge is 0.169 e. The van der Waals surface area contributed by atoms with Crippen LogP contribution in [0.25, 0.3) is 0 Å². The highest BCUT2D eigenvalue weighted by Gasteiger charge is 2.43. The lowest BCUT2D eigenvalue weighted by molar-refractivity contribution is -0.318. The molecular weight excluding hydrogens is 336 g/mol. The average molecular weight is 375 g/mol. The van der Waals surface area contributed by atoms with Crippen LogP contribution in [0.1, 0.15) is 77.6 Å². The molecule has 0 radical (unpaired) electrons. The van der Waals surface area contributed by atoms with E-state index in [1.807, 2.05) is 6.92 Å². The second kappa shape index (κ2) is 10.9.